The fourth-order valence-corrected chi connectivity index (χ4v) is 3.81. The second kappa shape index (κ2) is 9.05. The van der Waals surface area contributed by atoms with Crippen molar-refractivity contribution in [3.8, 4) is 5.75 Å². The molecule has 1 saturated heterocycles. The molecule has 6 nitrogen and oxygen atoms in total. The van der Waals surface area contributed by atoms with Gasteiger partial charge in [-0.25, -0.2) is 12.8 Å². The van der Waals surface area contributed by atoms with Gasteiger partial charge >= 0.3 is 0 Å². The second-order valence-corrected chi connectivity index (χ2v) is 9.44. The molecule has 8 heteroatoms. The SMILES string of the molecule is COc1ccc(CN2CCC(F)(C(=O)N[C@H](C)/C=C\S(C)(=O)=O)CC2C)cc1. The monoisotopic (exact) mass is 412 g/mol. The molecular formula is C20H29FN2O4S. The molecule has 0 bridgehead atoms. The van der Waals surface area contributed by atoms with Gasteiger partial charge in [-0.15, -0.1) is 0 Å². The number of rotatable bonds is 7. The minimum atomic E-state index is -3.29. The van der Waals surface area contributed by atoms with Gasteiger partial charge in [0.05, 0.1) is 7.11 Å². The first-order chi connectivity index (χ1) is 13.0. The number of amides is 1. The summed E-state index contributed by atoms with van der Waals surface area (Å²) in [5, 5.41) is 3.58. The van der Waals surface area contributed by atoms with Crippen molar-refractivity contribution in [1.82, 2.24) is 10.2 Å². The number of halogens is 1. The van der Waals surface area contributed by atoms with Crippen LogP contribution in [-0.4, -0.2) is 56.9 Å². The molecule has 2 unspecified atom stereocenters. The minimum Gasteiger partial charge on any atom is -0.497 e. The molecule has 2 rings (SSSR count). The van der Waals surface area contributed by atoms with E-state index in [2.05, 4.69) is 10.2 Å². The summed E-state index contributed by atoms with van der Waals surface area (Å²) in [5.41, 5.74) is -0.855. The maximum atomic E-state index is 15.3. The Morgan fingerprint density at radius 2 is 2.07 bits per heavy atom. The summed E-state index contributed by atoms with van der Waals surface area (Å²) in [4.78, 5) is 14.6. The Kier molecular flexibility index (Phi) is 7.22. The van der Waals surface area contributed by atoms with Crippen molar-refractivity contribution in [2.75, 3.05) is 19.9 Å². The molecule has 1 aliphatic rings. The van der Waals surface area contributed by atoms with E-state index in [1.807, 2.05) is 31.2 Å². The average molecular weight is 413 g/mol. The third kappa shape index (κ3) is 6.31. The Morgan fingerprint density at radius 1 is 1.43 bits per heavy atom. The van der Waals surface area contributed by atoms with E-state index in [1.165, 1.54) is 6.08 Å². The van der Waals surface area contributed by atoms with E-state index < -0.39 is 27.5 Å². The Balaban J connectivity index is 1.94. The molecule has 1 aromatic rings. The van der Waals surface area contributed by atoms with E-state index in [0.29, 0.717) is 13.1 Å². The van der Waals surface area contributed by atoms with Gasteiger partial charge in [0.2, 0.25) is 0 Å². The van der Waals surface area contributed by atoms with Crippen molar-refractivity contribution < 1.29 is 22.3 Å². The number of hydrogen-bond donors (Lipinski definition) is 1. The highest BCUT2D eigenvalue weighted by atomic mass is 32.2. The van der Waals surface area contributed by atoms with Gasteiger partial charge in [-0.3, -0.25) is 9.69 Å². The number of nitrogens with zero attached hydrogens (tertiary/aromatic N) is 1. The molecule has 1 fully saturated rings. The summed E-state index contributed by atoms with van der Waals surface area (Å²) in [5.74, 6) is 0.100. The van der Waals surface area contributed by atoms with Gasteiger partial charge in [-0.1, -0.05) is 18.2 Å². The Hall–Kier alpha value is -1.93. The highest BCUT2D eigenvalue weighted by Gasteiger charge is 2.44. The van der Waals surface area contributed by atoms with Crippen molar-refractivity contribution in [3.63, 3.8) is 0 Å². The van der Waals surface area contributed by atoms with Crippen LogP contribution >= 0.6 is 0 Å². The standard InChI is InChI=1S/C20H29FN2O4S/c1-15(9-12-28(4,25)26)22-19(24)20(21)10-11-23(16(2)13-20)14-17-5-7-18(27-3)8-6-17/h5-9,12,15-16H,10-11,13-14H2,1-4H3,(H,22,24)/b12-9-/t15-,16?,20?/m1/s1. The van der Waals surface area contributed by atoms with E-state index in [4.69, 9.17) is 4.74 Å². The number of sulfone groups is 1. The van der Waals surface area contributed by atoms with Crippen LogP contribution in [0.15, 0.2) is 35.7 Å². The number of likely N-dealkylation sites (tertiary alicyclic amines) is 1. The van der Waals surface area contributed by atoms with E-state index in [9.17, 15) is 13.2 Å². The number of carbonyl (C=O) groups excluding carboxylic acids is 1. The van der Waals surface area contributed by atoms with Crippen molar-refractivity contribution in [2.24, 2.45) is 0 Å². The first-order valence-corrected chi connectivity index (χ1v) is 11.2. The highest BCUT2D eigenvalue weighted by Crippen LogP contribution is 2.32. The van der Waals surface area contributed by atoms with E-state index >= 15 is 4.39 Å². The molecule has 28 heavy (non-hydrogen) atoms. The predicted octanol–water partition coefficient (Wildman–Crippen LogP) is 2.45. The lowest BCUT2D eigenvalue weighted by molar-refractivity contribution is -0.138. The van der Waals surface area contributed by atoms with Gasteiger partial charge in [-0.05, 0) is 31.5 Å². The maximum Gasteiger partial charge on any atom is 0.258 e. The molecule has 0 aromatic heterocycles. The molecule has 0 spiro atoms. The van der Waals surface area contributed by atoms with Crippen LogP contribution in [0.2, 0.25) is 0 Å². The lowest BCUT2D eigenvalue weighted by Gasteiger charge is -2.40. The Bertz CT molecular complexity index is 810. The van der Waals surface area contributed by atoms with Crippen LogP contribution in [0.5, 0.6) is 5.75 Å². The quantitative estimate of drug-likeness (QED) is 0.745. The van der Waals surface area contributed by atoms with E-state index in [-0.39, 0.29) is 18.9 Å². The summed E-state index contributed by atoms with van der Waals surface area (Å²) in [6.45, 7) is 4.67. The van der Waals surface area contributed by atoms with Crippen LogP contribution in [0.4, 0.5) is 4.39 Å². The van der Waals surface area contributed by atoms with Crippen LogP contribution in [0.3, 0.4) is 0 Å². The molecule has 1 aliphatic heterocycles. The second-order valence-electron chi connectivity index (χ2n) is 7.51. The fraction of sp³-hybridized carbons (Fsp3) is 0.550. The summed E-state index contributed by atoms with van der Waals surface area (Å²) in [6.07, 6.45) is 2.60. The summed E-state index contributed by atoms with van der Waals surface area (Å²) in [6, 6.07) is 7.07. The Morgan fingerprint density at radius 3 is 2.61 bits per heavy atom. The molecule has 0 saturated carbocycles. The van der Waals surface area contributed by atoms with Crippen LogP contribution < -0.4 is 10.1 Å². The molecule has 156 valence electrons. The topological polar surface area (TPSA) is 75.7 Å². The number of methoxy groups -OCH3 is 1. The zero-order chi connectivity index (χ0) is 20.9. The number of benzene rings is 1. The number of carbonyl (C=O) groups is 1. The van der Waals surface area contributed by atoms with Gasteiger partial charge in [0.15, 0.2) is 15.5 Å². The largest absolute Gasteiger partial charge is 0.497 e. The van der Waals surface area contributed by atoms with Crippen LogP contribution in [0, 0.1) is 0 Å². The normalized spacial score (nSPS) is 24.8. The zero-order valence-electron chi connectivity index (χ0n) is 16.8. The van der Waals surface area contributed by atoms with Crippen molar-refractivity contribution in [1.29, 1.82) is 0 Å². The maximum absolute atomic E-state index is 15.3. The molecule has 0 radical (unpaired) electrons. The van der Waals surface area contributed by atoms with Gasteiger partial charge in [0.1, 0.15) is 5.75 Å². The third-order valence-corrected chi connectivity index (χ3v) is 5.61. The van der Waals surface area contributed by atoms with E-state index in [0.717, 1.165) is 23.0 Å². The minimum absolute atomic E-state index is 0.0947. The molecule has 3 atom stereocenters. The summed E-state index contributed by atoms with van der Waals surface area (Å²) >= 11 is 0. The summed E-state index contributed by atoms with van der Waals surface area (Å²) in [7, 11) is -1.67. The third-order valence-electron chi connectivity index (χ3n) is 4.96. The molecule has 1 aromatic carbocycles. The number of piperidine rings is 1. The first kappa shape index (κ1) is 22.4. The Labute approximate surface area is 166 Å². The van der Waals surface area contributed by atoms with Crippen molar-refractivity contribution in [3.05, 3.63) is 41.3 Å². The van der Waals surface area contributed by atoms with Crippen molar-refractivity contribution >= 4 is 15.7 Å². The number of alkyl halides is 1. The van der Waals surface area contributed by atoms with Crippen molar-refractivity contribution in [2.45, 2.75) is 51.0 Å². The predicted molar refractivity (Wildman–Crippen MR) is 108 cm³/mol. The molecule has 1 N–H and O–H groups in total. The number of nitrogens with one attached hydrogen (secondary N) is 1. The molecule has 1 amide bonds. The number of ether oxygens (including phenoxy) is 1. The molecule has 1 heterocycles. The van der Waals surface area contributed by atoms with Gasteiger partial charge < -0.3 is 10.1 Å². The molecule has 0 aliphatic carbocycles. The van der Waals surface area contributed by atoms with Gasteiger partial charge in [0.25, 0.3) is 5.91 Å². The van der Waals surface area contributed by atoms with E-state index in [1.54, 1.807) is 14.0 Å². The van der Waals surface area contributed by atoms with Crippen LogP contribution in [-0.2, 0) is 21.2 Å². The average Bonchev–Trinajstić information content (AvgIpc) is 2.62. The lowest BCUT2D eigenvalue weighted by atomic mass is 9.87. The molecular weight excluding hydrogens is 383 g/mol. The van der Waals surface area contributed by atoms with Crippen LogP contribution in [0.25, 0.3) is 0 Å². The van der Waals surface area contributed by atoms with Gasteiger partial charge in [0, 0.05) is 49.7 Å². The zero-order valence-corrected chi connectivity index (χ0v) is 17.6. The van der Waals surface area contributed by atoms with Gasteiger partial charge in [-0.2, -0.15) is 0 Å². The lowest BCUT2D eigenvalue weighted by Crippen LogP contribution is -2.55. The highest BCUT2D eigenvalue weighted by molar-refractivity contribution is 7.93. The first-order valence-electron chi connectivity index (χ1n) is 9.27. The fourth-order valence-electron chi connectivity index (χ4n) is 3.29. The summed E-state index contributed by atoms with van der Waals surface area (Å²) < 4.78 is 42.8. The smallest absolute Gasteiger partial charge is 0.258 e. The van der Waals surface area contributed by atoms with Crippen LogP contribution in [0.1, 0.15) is 32.3 Å². The number of hydrogen-bond acceptors (Lipinski definition) is 5.